The number of anilines is 1. The second-order valence-corrected chi connectivity index (χ2v) is 6.88. The highest BCUT2D eigenvalue weighted by Crippen LogP contribution is 2.27. The summed E-state index contributed by atoms with van der Waals surface area (Å²) in [6, 6.07) is 14.0. The fourth-order valence-corrected chi connectivity index (χ4v) is 3.18. The van der Waals surface area contributed by atoms with Gasteiger partial charge in [-0.15, -0.1) is 0 Å². The minimum absolute atomic E-state index is 0.0129. The highest BCUT2D eigenvalue weighted by Gasteiger charge is 2.35. The Labute approximate surface area is 148 Å². The van der Waals surface area contributed by atoms with Crippen LogP contribution in [0.1, 0.15) is 28.7 Å². The van der Waals surface area contributed by atoms with E-state index in [1.165, 1.54) is 11.1 Å². The van der Waals surface area contributed by atoms with Crippen LogP contribution in [0.2, 0.25) is 0 Å². The molecule has 1 aliphatic rings. The summed E-state index contributed by atoms with van der Waals surface area (Å²) >= 11 is 0. The molecule has 2 amide bonds. The molecule has 4 nitrogen and oxygen atoms in total. The van der Waals surface area contributed by atoms with Gasteiger partial charge in [0.25, 0.3) is 0 Å². The Hall–Kier alpha value is -2.62. The summed E-state index contributed by atoms with van der Waals surface area (Å²) < 4.78 is 0. The van der Waals surface area contributed by atoms with Gasteiger partial charge in [-0.3, -0.25) is 9.59 Å². The average Bonchev–Trinajstić information content (AvgIpc) is 2.97. The third-order valence-electron chi connectivity index (χ3n) is 4.85. The highest BCUT2D eigenvalue weighted by atomic mass is 16.2. The van der Waals surface area contributed by atoms with Crippen molar-refractivity contribution in [3.8, 4) is 0 Å². The third-order valence-corrected chi connectivity index (χ3v) is 4.85. The first-order chi connectivity index (χ1) is 11.9. The number of carbonyl (C=O) groups is 2. The minimum Gasteiger partial charge on any atom is -0.352 e. The first-order valence-electron chi connectivity index (χ1n) is 8.65. The van der Waals surface area contributed by atoms with E-state index in [1.54, 1.807) is 4.90 Å². The molecule has 0 spiro atoms. The van der Waals surface area contributed by atoms with Crippen LogP contribution < -0.4 is 10.2 Å². The van der Waals surface area contributed by atoms with Crippen molar-refractivity contribution in [1.82, 2.24) is 5.32 Å². The molecule has 1 heterocycles. The number of carbonyl (C=O) groups excluding carboxylic acids is 2. The molecular weight excluding hydrogens is 312 g/mol. The van der Waals surface area contributed by atoms with Crippen LogP contribution in [0.3, 0.4) is 0 Å². The van der Waals surface area contributed by atoms with E-state index < -0.39 is 0 Å². The lowest BCUT2D eigenvalue weighted by molar-refractivity contribution is -0.126. The molecule has 4 heteroatoms. The van der Waals surface area contributed by atoms with Crippen LogP contribution in [0, 0.1) is 26.7 Å². The molecule has 1 saturated heterocycles. The van der Waals surface area contributed by atoms with Crippen molar-refractivity contribution in [2.75, 3.05) is 11.4 Å². The van der Waals surface area contributed by atoms with Crippen molar-refractivity contribution in [3.63, 3.8) is 0 Å². The lowest BCUT2D eigenvalue weighted by atomic mass is 10.1. The number of aryl methyl sites for hydroxylation is 3. The van der Waals surface area contributed by atoms with E-state index in [4.69, 9.17) is 0 Å². The van der Waals surface area contributed by atoms with Crippen molar-refractivity contribution in [1.29, 1.82) is 0 Å². The summed E-state index contributed by atoms with van der Waals surface area (Å²) in [5.41, 5.74) is 5.47. The fourth-order valence-electron chi connectivity index (χ4n) is 3.18. The number of nitrogens with one attached hydrogen (secondary N) is 1. The monoisotopic (exact) mass is 336 g/mol. The van der Waals surface area contributed by atoms with Gasteiger partial charge in [-0.05, 0) is 49.6 Å². The Morgan fingerprint density at radius 1 is 1.12 bits per heavy atom. The maximum atomic E-state index is 12.5. The van der Waals surface area contributed by atoms with E-state index >= 15 is 0 Å². The SMILES string of the molecule is Cc1cccc(CNC(=O)[C@@H]2CC(=O)N(c3ccc(C)c(C)c3)C2)c1. The summed E-state index contributed by atoms with van der Waals surface area (Å²) in [4.78, 5) is 26.5. The first kappa shape index (κ1) is 17.2. The van der Waals surface area contributed by atoms with E-state index in [-0.39, 0.29) is 24.2 Å². The molecule has 1 atom stereocenters. The standard InChI is InChI=1S/C21H24N2O2/c1-14-5-4-6-17(9-14)12-22-21(25)18-11-20(24)23(13-18)19-8-7-15(2)16(3)10-19/h4-10,18H,11-13H2,1-3H3,(H,22,25)/t18-/m1/s1. The molecule has 130 valence electrons. The molecule has 1 N–H and O–H groups in total. The Kier molecular flexibility index (Phi) is 4.88. The number of hydrogen-bond acceptors (Lipinski definition) is 2. The molecule has 2 aromatic rings. The zero-order chi connectivity index (χ0) is 18.0. The molecule has 0 aliphatic carbocycles. The normalized spacial score (nSPS) is 17.0. The van der Waals surface area contributed by atoms with Crippen molar-refractivity contribution in [2.24, 2.45) is 5.92 Å². The smallest absolute Gasteiger partial charge is 0.227 e. The number of hydrogen-bond donors (Lipinski definition) is 1. The number of nitrogens with zero attached hydrogens (tertiary/aromatic N) is 1. The van der Waals surface area contributed by atoms with Crippen molar-refractivity contribution in [3.05, 3.63) is 64.7 Å². The topological polar surface area (TPSA) is 49.4 Å². The second-order valence-electron chi connectivity index (χ2n) is 6.88. The van der Waals surface area contributed by atoms with E-state index in [2.05, 4.69) is 11.4 Å². The van der Waals surface area contributed by atoms with E-state index in [1.807, 2.05) is 57.2 Å². The molecule has 25 heavy (non-hydrogen) atoms. The minimum atomic E-state index is -0.293. The van der Waals surface area contributed by atoms with Gasteiger partial charge in [0.1, 0.15) is 0 Å². The largest absolute Gasteiger partial charge is 0.352 e. The summed E-state index contributed by atoms with van der Waals surface area (Å²) in [7, 11) is 0. The van der Waals surface area contributed by atoms with Crippen molar-refractivity contribution in [2.45, 2.75) is 33.7 Å². The molecule has 0 radical (unpaired) electrons. The zero-order valence-electron chi connectivity index (χ0n) is 15.0. The van der Waals surface area contributed by atoms with Crippen molar-refractivity contribution >= 4 is 17.5 Å². The van der Waals surface area contributed by atoms with Crippen molar-refractivity contribution < 1.29 is 9.59 Å². The third kappa shape index (κ3) is 3.90. The molecule has 1 fully saturated rings. The van der Waals surface area contributed by atoms with Gasteiger partial charge in [-0.25, -0.2) is 0 Å². The maximum absolute atomic E-state index is 12.5. The summed E-state index contributed by atoms with van der Waals surface area (Å²) in [6.07, 6.45) is 0.270. The Bertz CT molecular complexity index is 813. The first-order valence-corrected chi connectivity index (χ1v) is 8.65. The van der Waals surface area contributed by atoms with Crippen LogP contribution in [0.4, 0.5) is 5.69 Å². The highest BCUT2D eigenvalue weighted by molar-refractivity contribution is 6.00. The maximum Gasteiger partial charge on any atom is 0.227 e. The van der Waals surface area contributed by atoms with E-state index in [0.717, 1.165) is 16.8 Å². The van der Waals surface area contributed by atoms with Crippen LogP contribution in [0.5, 0.6) is 0 Å². The molecule has 0 aromatic heterocycles. The Balaban J connectivity index is 1.63. The fraction of sp³-hybridized carbons (Fsp3) is 0.333. The van der Waals surface area contributed by atoms with E-state index in [9.17, 15) is 9.59 Å². The lowest BCUT2D eigenvalue weighted by Crippen LogP contribution is -2.32. The van der Waals surface area contributed by atoms with Gasteiger partial charge in [-0.1, -0.05) is 35.9 Å². The van der Waals surface area contributed by atoms with Gasteiger partial charge in [0.05, 0.1) is 5.92 Å². The van der Waals surface area contributed by atoms with Gasteiger partial charge < -0.3 is 10.2 Å². The quantitative estimate of drug-likeness (QED) is 0.931. The van der Waals surface area contributed by atoms with E-state index in [0.29, 0.717) is 13.1 Å². The van der Waals surface area contributed by atoms with Crippen LogP contribution in [0.25, 0.3) is 0 Å². The average molecular weight is 336 g/mol. The lowest BCUT2D eigenvalue weighted by Gasteiger charge is -2.18. The number of benzene rings is 2. The van der Waals surface area contributed by atoms with Crippen LogP contribution in [-0.2, 0) is 16.1 Å². The molecule has 2 aromatic carbocycles. The number of amides is 2. The Morgan fingerprint density at radius 3 is 2.64 bits per heavy atom. The van der Waals surface area contributed by atoms with Gasteiger partial charge in [-0.2, -0.15) is 0 Å². The predicted molar refractivity (Wildman–Crippen MR) is 99.4 cm³/mol. The van der Waals surface area contributed by atoms with Gasteiger partial charge in [0.2, 0.25) is 11.8 Å². The second kappa shape index (κ2) is 7.09. The van der Waals surface area contributed by atoms with Gasteiger partial charge >= 0.3 is 0 Å². The van der Waals surface area contributed by atoms with Gasteiger partial charge in [0, 0.05) is 25.2 Å². The molecule has 1 aliphatic heterocycles. The Morgan fingerprint density at radius 2 is 1.92 bits per heavy atom. The van der Waals surface area contributed by atoms with Crippen LogP contribution in [0.15, 0.2) is 42.5 Å². The molecular formula is C21H24N2O2. The molecule has 0 bridgehead atoms. The van der Waals surface area contributed by atoms with Crippen LogP contribution >= 0.6 is 0 Å². The zero-order valence-corrected chi connectivity index (χ0v) is 15.0. The summed E-state index contributed by atoms with van der Waals surface area (Å²) in [6.45, 7) is 7.05. The molecule has 0 saturated carbocycles. The summed E-state index contributed by atoms with van der Waals surface area (Å²) in [5.74, 6) is -0.334. The summed E-state index contributed by atoms with van der Waals surface area (Å²) in [5, 5.41) is 2.96. The predicted octanol–water partition coefficient (Wildman–Crippen LogP) is 3.28. The number of rotatable bonds is 4. The van der Waals surface area contributed by atoms with Gasteiger partial charge in [0.15, 0.2) is 0 Å². The molecule has 0 unspecified atom stereocenters. The molecule has 3 rings (SSSR count). The van der Waals surface area contributed by atoms with Crippen LogP contribution in [-0.4, -0.2) is 18.4 Å².